The number of nitrogens with one attached hydrogen (secondary N) is 1. The molecular formula is C14H22N2O4. The number of ether oxygens (including phenoxy) is 1. The molecule has 6 nitrogen and oxygen atoms in total. The maximum Gasteiger partial charge on any atom is 0.320 e. The van der Waals surface area contributed by atoms with Gasteiger partial charge in [-0.25, -0.2) is 0 Å². The molecular weight excluding hydrogens is 260 g/mol. The van der Waals surface area contributed by atoms with E-state index in [4.69, 9.17) is 15.6 Å². The molecule has 0 amide bonds. The van der Waals surface area contributed by atoms with Crippen molar-refractivity contribution >= 4 is 5.97 Å². The number of methoxy groups -OCH3 is 1. The van der Waals surface area contributed by atoms with Crippen molar-refractivity contribution in [2.75, 3.05) is 20.3 Å². The summed E-state index contributed by atoms with van der Waals surface area (Å²) in [5, 5.41) is 21.2. The first kappa shape index (κ1) is 16.4. The van der Waals surface area contributed by atoms with Gasteiger partial charge in [-0.1, -0.05) is 12.1 Å². The Morgan fingerprint density at radius 2 is 2.05 bits per heavy atom. The van der Waals surface area contributed by atoms with Gasteiger partial charge in [0.15, 0.2) is 0 Å². The van der Waals surface area contributed by atoms with Crippen LogP contribution >= 0.6 is 0 Å². The summed E-state index contributed by atoms with van der Waals surface area (Å²) < 4.78 is 5.08. The summed E-state index contributed by atoms with van der Waals surface area (Å²) in [4.78, 5) is 10.6. The third kappa shape index (κ3) is 5.16. The first-order chi connectivity index (χ1) is 9.58. The van der Waals surface area contributed by atoms with Gasteiger partial charge in [-0.2, -0.15) is 0 Å². The molecule has 1 aromatic carbocycles. The van der Waals surface area contributed by atoms with Gasteiger partial charge in [0.1, 0.15) is 11.8 Å². The van der Waals surface area contributed by atoms with Crippen molar-refractivity contribution in [1.82, 2.24) is 5.32 Å². The number of aliphatic hydroxyl groups is 1. The lowest BCUT2D eigenvalue weighted by Crippen LogP contribution is -2.32. The van der Waals surface area contributed by atoms with Crippen molar-refractivity contribution in [2.45, 2.75) is 24.9 Å². The van der Waals surface area contributed by atoms with Crippen molar-refractivity contribution in [1.29, 1.82) is 0 Å². The van der Waals surface area contributed by atoms with E-state index in [9.17, 15) is 9.90 Å². The Bertz CT molecular complexity index is 408. The van der Waals surface area contributed by atoms with E-state index in [0.717, 1.165) is 11.3 Å². The summed E-state index contributed by atoms with van der Waals surface area (Å²) in [6.45, 7) is 0.565. The molecule has 0 aromatic heterocycles. The number of carboxylic acids is 1. The SMILES string of the molecule is COc1ccc([C@H](CO)NCCC[C@@H](N)C(=O)O)cc1. The standard InChI is InChI=1S/C14H22N2O4/c1-20-11-6-4-10(5-7-11)13(9-17)16-8-2-3-12(15)14(18)19/h4-7,12-13,16-17H,2-3,8-9,15H2,1H3,(H,18,19)/t12-,13+/m1/s1. The monoisotopic (exact) mass is 282 g/mol. The summed E-state index contributed by atoms with van der Waals surface area (Å²) in [5.41, 5.74) is 6.37. The molecule has 6 heteroatoms. The number of carboxylic acid groups (broad SMARTS) is 1. The molecule has 112 valence electrons. The van der Waals surface area contributed by atoms with E-state index in [0.29, 0.717) is 19.4 Å². The van der Waals surface area contributed by atoms with Gasteiger partial charge in [-0.3, -0.25) is 4.79 Å². The van der Waals surface area contributed by atoms with Crippen LogP contribution in [0.3, 0.4) is 0 Å². The predicted octanol–water partition coefficient (Wildman–Crippen LogP) is 0.510. The Kier molecular flexibility index (Phi) is 7.00. The van der Waals surface area contributed by atoms with Gasteiger partial charge in [-0.15, -0.1) is 0 Å². The highest BCUT2D eigenvalue weighted by Gasteiger charge is 2.12. The van der Waals surface area contributed by atoms with Crippen molar-refractivity contribution in [3.8, 4) is 5.75 Å². The van der Waals surface area contributed by atoms with Crippen LogP contribution in [-0.2, 0) is 4.79 Å². The van der Waals surface area contributed by atoms with E-state index in [-0.39, 0.29) is 12.6 Å². The first-order valence-corrected chi connectivity index (χ1v) is 6.55. The van der Waals surface area contributed by atoms with E-state index in [2.05, 4.69) is 5.32 Å². The molecule has 0 aliphatic carbocycles. The minimum Gasteiger partial charge on any atom is -0.497 e. The third-order valence-corrected chi connectivity index (χ3v) is 3.10. The number of carbonyl (C=O) groups is 1. The second-order valence-corrected chi connectivity index (χ2v) is 4.55. The fraction of sp³-hybridized carbons (Fsp3) is 0.500. The van der Waals surface area contributed by atoms with Crippen LogP contribution in [-0.4, -0.2) is 42.5 Å². The van der Waals surface area contributed by atoms with Gasteiger partial charge in [0.05, 0.1) is 19.8 Å². The van der Waals surface area contributed by atoms with Crippen molar-refractivity contribution in [3.63, 3.8) is 0 Å². The number of aliphatic carboxylic acids is 1. The number of nitrogens with two attached hydrogens (primary N) is 1. The molecule has 5 N–H and O–H groups in total. The van der Waals surface area contributed by atoms with Gasteiger partial charge >= 0.3 is 5.97 Å². The van der Waals surface area contributed by atoms with Crippen LogP contribution in [0.25, 0.3) is 0 Å². The molecule has 2 atom stereocenters. The Hall–Kier alpha value is -1.63. The molecule has 0 radical (unpaired) electrons. The van der Waals surface area contributed by atoms with Gasteiger partial charge in [-0.05, 0) is 37.1 Å². The second-order valence-electron chi connectivity index (χ2n) is 4.55. The van der Waals surface area contributed by atoms with Crippen LogP contribution in [0.1, 0.15) is 24.4 Å². The lowest BCUT2D eigenvalue weighted by molar-refractivity contribution is -0.138. The van der Waals surface area contributed by atoms with Crippen LogP contribution in [0.15, 0.2) is 24.3 Å². The van der Waals surface area contributed by atoms with Crippen LogP contribution in [0.2, 0.25) is 0 Å². The van der Waals surface area contributed by atoms with Gasteiger partial charge < -0.3 is 26.0 Å². The summed E-state index contributed by atoms with van der Waals surface area (Å²) in [7, 11) is 1.60. The quantitative estimate of drug-likeness (QED) is 0.492. The number of aliphatic hydroxyl groups excluding tert-OH is 1. The predicted molar refractivity (Wildman–Crippen MR) is 75.7 cm³/mol. The Balaban J connectivity index is 2.40. The molecule has 1 aromatic rings. The average Bonchev–Trinajstić information content (AvgIpc) is 2.47. The molecule has 0 saturated heterocycles. The van der Waals surface area contributed by atoms with Crippen molar-refractivity contribution in [2.24, 2.45) is 5.73 Å². The Labute approximate surface area is 118 Å². The molecule has 0 spiro atoms. The Morgan fingerprint density at radius 3 is 2.55 bits per heavy atom. The van der Waals surface area contributed by atoms with E-state index in [1.807, 2.05) is 24.3 Å². The minimum atomic E-state index is -0.987. The maximum absolute atomic E-state index is 10.6. The van der Waals surface area contributed by atoms with Crippen molar-refractivity contribution in [3.05, 3.63) is 29.8 Å². The zero-order chi connectivity index (χ0) is 15.0. The maximum atomic E-state index is 10.6. The van der Waals surface area contributed by atoms with Crippen LogP contribution in [0, 0.1) is 0 Å². The average molecular weight is 282 g/mol. The van der Waals surface area contributed by atoms with E-state index in [1.165, 1.54) is 0 Å². The number of benzene rings is 1. The topological polar surface area (TPSA) is 105 Å². The van der Waals surface area contributed by atoms with E-state index in [1.54, 1.807) is 7.11 Å². The smallest absolute Gasteiger partial charge is 0.320 e. The van der Waals surface area contributed by atoms with Crippen LogP contribution in [0.4, 0.5) is 0 Å². The normalized spacial score (nSPS) is 13.8. The van der Waals surface area contributed by atoms with Gasteiger partial charge in [0.25, 0.3) is 0 Å². The van der Waals surface area contributed by atoms with Gasteiger partial charge in [0.2, 0.25) is 0 Å². The van der Waals surface area contributed by atoms with Gasteiger partial charge in [0, 0.05) is 0 Å². The Morgan fingerprint density at radius 1 is 1.40 bits per heavy atom. The fourth-order valence-electron chi connectivity index (χ4n) is 1.85. The van der Waals surface area contributed by atoms with Crippen LogP contribution < -0.4 is 15.8 Å². The molecule has 0 fully saturated rings. The van der Waals surface area contributed by atoms with E-state index < -0.39 is 12.0 Å². The molecule has 1 rings (SSSR count). The molecule has 20 heavy (non-hydrogen) atoms. The highest BCUT2D eigenvalue weighted by atomic mass is 16.5. The van der Waals surface area contributed by atoms with E-state index >= 15 is 0 Å². The zero-order valence-electron chi connectivity index (χ0n) is 11.6. The number of hydrogen-bond donors (Lipinski definition) is 4. The largest absolute Gasteiger partial charge is 0.497 e. The zero-order valence-corrected chi connectivity index (χ0v) is 11.6. The first-order valence-electron chi connectivity index (χ1n) is 6.55. The third-order valence-electron chi connectivity index (χ3n) is 3.10. The summed E-state index contributed by atoms with van der Waals surface area (Å²) >= 11 is 0. The fourth-order valence-corrected chi connectivity index (χ4v) is 1.85. The lowest BCUT2D eigenvalue weighted by Gasteiger charge is -2.17. The molecule has 0 aliphatic heterocycles. The number of rotatable bonds is 9. The summed E-state index contributed by atoms with van der Waals surface area (Å²) in [6.07, 6.45) is 1.04. The second kappa shape index (κ2) is 8.52. The highest BCUT2D eigenvalue weighted by Crippen LogP contribution is 2.17. The van der Waals surface area contributed by atoms with Crippen LogP contribution in [0.5, 0.6) is 5.75 Å². The lowest BCUT2D eigenvalue weighted by atomic mass is 10.1. The highest BCUT2D eigenvalue weighted by molar-refractivity contribution is 5.72. The summed E-state index contributed by atoms with van der Waals surface area (Å²) in [6, 6.07) is 6.43. The molecule has 0 unspecified atom stereocenters. The number of hydrogen-bond acceptors (Lipinski definition) is 5. The summed E-state index contributed by atoms with van der Waals surface area (Å²) in [5.74, 6) is -0.225. The molecule has 0 saturated carbocycles. The minimum absolute atomic E-state index is 0.0304. The molecule has 0 heterocycles. The molecule has 0 bridgehead atoms. The molecule has 0 aliphatic rings. The van der Waals surface area contributed by atoms with Crippen molar-refractivity contribution < 1.29 is 19.7 Å².